The van der Waals surface area contributed by atoms with Crippen molar-refractivity contribution in [2.24, 2.45) is 0 Å². The van der Waals surface area contributed by atoms with Crippen molar-refractivity contribution in [3.8, 4) is 17.2 Å². The van der Waals surface area contributed by atoms with Crippen LogP contribution in [0.4, 0.5) is 11.4 Å². The fourth-order valence-electron chi connectivity index (χ4n) is 4.45. The molecule has 1 fully saturated rings. The third-order valence-electron chi connectivity index (χ3n) is 6.73. The van der Waals surface area contributed by atoms with Crippen molar-refractivity contribution in [1.82, 2.24) is 19.6 Å². The van der Waals surface area contributed by atoms with Gasteiger partial charge in [0, 0.05) is 44.4 Å². The van der Waals surface area contributed by atoms with Crippen LogP contribution in [0.1, 0.15) is 22.8 Å². The first-order chi connectivity index (χ1) is 19.7. The van der Waals surface area contributed by atoms with E-state index < -0.39 is 5.56 Å². The van der Waals surface area contributed by atoms with Gasteiger partial charge in [0.15, 0.2) is 11.4 Å². The molecule has 5 rings (SSSR count). The molecule has 4 aromatic rings. The average Bonchev–Trinajstić information content (AvgIpc) is 2.97. The molecule has 0 unspecified atom stereocenters. The van der Waals surface area contributed by atoms with Crippen molar-refractivity contribution in [2.45, 2.75) is 13.8 Å². The smallest absolute Gasteiger partial charge is 0.299 e. The Morgan fingerprint density at radius 2 is 1.61 bits per heavy atom. The van der Waals surface area contributed by atoms with Crippen molar-refractivity contribution in [2.75, 3.05) is 31.5 Å². The first kappa shape index (κ1) is 28.2. The summed E-state index contributed by atoms with van der Waals surface area (Å²) in [7, 11) is 0. The van der Waals surface area contributed by atoms with E-state index in [2.05, 4.69) is 10.4 Å². The second-order valence-electron chi connectivity index (χ2n) is 9.62. The maximum atomic E-state index is 13.8. The van der Waals surface area contributed by atoms with Crippen molar-refractivity contribution < 1.29 is 14.3 Å². The lowest BCUT2D eigenvalue weighted by Gasteiger charge is -2.34. The molecule has 1 aliphatic heterocycles. The quantitative estimate of drug-likeness (QED) is 0.309. The molecule has 11 heteroatoms. The van der Waals surface area contributed by atoms with Crippen molar-refractivity contribution in [3.63, 3.8) is 0 Å². The Kier molecular flexibility index (Phi) is 8.28. The lowest BCUT2D eigenvalue weighted by molar-refractivity contribution is -0.130. The van der Waals surface area contributed by atoms with Crippen LogP contribution in [0, 0.1) is 6.92 Å². The second-order valence-corrected chi connectivity index (χ2v) is 10.4. The number of hydrogen-bond acceptors (Lipinski definition) is 6. The molecule has 1 aromatic heterocycles. The number of aromatic nitrogens is 2. The van der Waals surface area contributed by atoms with Crippen LogP contribution in [0.2, 0.25) is 10.0 Å². The number of carbonyl (C=O) groups is 2. The summed E-state index contributed by atoms with van der Waals surface area (Å²) in [6.07, 6.45) is 1.44. The molecule has 0 bridgehead atoms. The molecule has 3 aromatic carbocycles. The highest BCUT2D eigenvalue weighted by Crippen LogP contribution is 2.30. The van der Waals surface area contributed by atoms with Crippen molar-refractivity contribution in [1.29, 1.82) is 0 Å². The summed E-state index contributed by atoms with van der Waals surface area (Å²) in [4.78, 5) is 42.1. The number of hydrogen-bond donors (Lipinski definition) is 1. The molecular formula is C30H27Cl2N5O4. The van der Waals surface area contributed by atoms with Gasteiger partial charge in [-0.1, -0.05) is 47.0 Å². The zero-order valence-electron chi connectivity index (χ0n) is 22.4. The Morgan fingerprint density at radius 1 is 0.902 bits per heavy atom. The van der Waals surface area contributed by atoms with E-state index in [-0.39, 0.29) is 28.3 Å². The van der Waals surface area contributed by atoms with Crippen LogP contribution in [-0.2, 0) is 4.79 Å². The summed E-state index contributed by atoms with van der Waals surface area (Å²) < 4.78 is 7.25. The number of benzene rings is 3. The number of amides is 2. The minimum atomic E-state index is -0.495. The average molecular weight is 592 g/mol. The summed E-state index contributed by atoms with van der Waals surface area (Å²) in [6, 6.07) is 19.1. The first-order valence-corrected chi connectivity index (χ1v) is 13.7. The van der Waals surface area contributed by atoms with E-state index in [1.54, 1.807) is 64.4 Å². The summed E-state index contributed by atoms with van der Waals surface area (Å²) in [5.41, 5.74) is 2.06. The molecule has 0 atom stereocenters. The number of nitrogens with one attached hydrogen (secondary N) is 1. The molecule has 0 saturated carbocycles. The summed E-state index contributed by atoms with van der Waals surface area (Å²) >= 11 is 12.3. The van der Waals surface area contributed by atoms with E-state index >= 15 is 0 Å². The van der Waals surface area contributed by atoms with Gasteiger partial charge < -0.3 is 19.9 Å². The topological polar surface area (TPSA) is 96.8 Å². The Labute approximate surface area is 246 Å². The maximum absolute atomic E-state index is 13.8. The van der Waals surface area contributed by atoms with Gasteiger partial charge in [-0.2, -0.15) is 9.78 Å². The van der Waals surface area contributed by atoms with Crippen LogP contribution in [-0.4, -0.2) is 57.6 Å². The van der Waals surface area contributed by atoms with Crippen molar-refractivity contribution in [3.05, 3.63) is 104 Å². The number of carbonyl (C=O) groups excluding carboxylic acids is 2. The van der Waals surface area contributed by atoms with Gasteiger partial charge >= 0.3 is 0 Å². The Morgan fingerprint density at radius 3 is 2.29 bits per heavy atom. The minimum absolute atomic E-state index is 0.00386. The molecule has 2 amide bonds. The zero-order chi connectivity index (χ0) is 29.1. The van der Waals surface area contributed by atoms with Gasteiger partial charge in [-0.15, -0.1) is 0 Å². The highest BCUT2D eigenvalue weighted by atomic mass is 35.5. The van der Waals surface area contributed by atoms with E-state index in [4.69, 9.17) is 27.9 Å². The van der Waals surface area contributed by atoms with Crippen molar-refractivity contribution >= 4 is 46.4 Å². The molecule has 1 N–H and O–H groups in total. The molecule has 0 radical (unpaired) electrons. The monoisotopic (exact) mass is 591 g/mol. The number of halogens is 2. The third kappa shape index (κ3) is 6.37. The molecule has 1 aliphatic rings. The van der Waals surface area contributed by atoms with Gasteiger partial charge in [-0.25, -0.2) is 0 Å². The number of aryl methyl sites for hydroxylation is 1. The molecule has 2 heterocycles. The predicted octanol–water partition coefficient (Wildman–Crippen LogP) is 5.69. The van der Waals surface area contributed by atoms with Gasteiger partial charge in [0.1, 0.15) is 5.75 Å². The highest BCUT2D eigenvalue weighted by molar-refractivity contribution is 6.42. The summed E-state index contributed by atoms with van der Waals surface area (Å²) in [5.74, 6) is 0.569. The Bertz CT molecular complexity index is 1660. The van der Waals surface area contributed by atoms with E-state index in [9.17, 15) is 14.4 Å². The normalized spacial score (nSPS) is 13.2. The molecule has 1 saturated heterocycles. The summed E-state index contributed by atoms with van der Waals surface area (Å²) in [5, 5.41) is 8.09. The highest BCUT2D eigenvalue weighted by Gasteiger charge is 2.24. The number of nitrogens with zero attached hydrogens (tertiary/aromatic N) is 4. The Hall–Kier alpha value is -4.34. The van der Waals surface area contributed by atoms with Crippen LogP contribution < -0.4 is 15.6 Å². The summed E-state index contributed by atoms with van der Waals surface area (Å²) in [6.45, 7) is 5.37. The fourth-order valence-corrected chi connectivity index (χ4v) is 4.74. The van der Waals surface area contributed by atoms with E-state index in [0.717, 1.165) is 5.56 Å². The second kappa shape index (κ2) is 12.0. The largest absolute Gasteiger partial charge is 0.453 e. The van der Waals surface area contributed by atoms with Crippen LogP contribution >= 0.6 is 23.2 Å². The molecule has 210 valence electrons. The molecule has 0 aliphatic carbocycles. The minimum Gasteiger partial charge on any atom is -0.453 e. The van der Waals surface area contributed by atoms with Gasteiger partial charge in [0.25, 0.3) is 11.5 Å². The predicted molar refractivity (Wildman–Crippen MR) is 159 cm³/mol. The number of anilines is 2. The molecule has 9 nitrogen and oxygen atoms in total. The van der Waals surface area contributed by atoms with Gasteiger partial charge in [0.05, 0.1) is 21.9 Å². The first-order valence-electron chi connectivity index (χ1n) is 12.9. The number of piperazine rings is 1. The molecular weight excluding hydrogens is 565 g/mol. The standard InChI is InChI=1S/C30H27Cl2N5O4/c1-19-6-9-24(10-7-19)41-27-18-33-37(23-8-11-25(31)26(32)17-23)30(40)28(27)34-22-5-3-4-21(16-22)29(39)36-14-12-35(13-15-36)20(2)38/h3-11,16-18,34H,12-15H2,1-2H3. The molecule has 41 heavy (non-hydrogen) atoms. The van der Waals surface area contributed by atoms with Gasteiger partial charge in [0.2, 0.25) is 5.91 Å². The Balaban J connectivity index is 1.48. The lowest BCUT2D eigenvalue weighted by Crippen LogP contribution is -2.50. The molecule has 0 spiro atoms. The zero-order valence-corrected chi connectivity index (χ0v) is 23.9. The van der Waals surface area contributed by atoms with Gasteiger partial charge in [-0.05, 0) is 55.5 Å². The number of rotatable bonds is 6. The van der Waals surface area contributed by atoms with E-state index in [0.29, 0.717) is 53.9 Å². The van der Waals surface area contributed by atoms with Crippen LogP contribution in [0.3, 0.4) is 0 Å². The fraction of sp³-hybridized carbons (Fsp3) is 0.200. The number of ether oxygens (including phenoxy) is 1. The SMILES string of the molecule is CC(=O)N1CCN(C(=O)c2cccc(Nc3c(Oc4ccc(C)cc4)cnn(-c4ccc(Cl)c(Cl)c4)c3=O)c2)CC1. The van der Waals surface area contributed by atoms with Crippen LogP contribution in [0.5, 0.6) is 11.5 Å². The van der Waals surface area contributed by atoms with E-state index in [1.807, 2.05) is 19.1 Å². The van der Waals surface area contributed by atoms with E-state index in [1.165, 1.54) is 17.8 Å². The van der Waals surface area contributed by atoms with Crippen LogP contribution in [0.15, 0.2) is 77.7 Å². The third-order valence-corrected chi connectivity index (χ3v) is 7.47. The lowest BCUT2D eigenvalue weighted by atomic mass is 10.1. The van der Waals surface area contributed by atoms with Crippen LogP contribution in [0.25, 0.3) is 5.69 Å². The van der Waals surface area contributed by atoms with Gasteiger partial charge in [-0.3, -0.25) is 14.4 Å². The maximum Gasteiger partial charge on any atom is 0.299 e.